The fourth-order valence-electron chi connectivity index (χ4n) is 2.10. The number of hydrogen-bond donors (Lipinski definition) is 1. The van der Waals surface area contributed by atoms with Gasteiger partial charge in [-0.2, -0.15) is 0 Å². The van der Waals surface area contributed by atoms with E-state index in [1.807, 2.05) is 0 Å². The number of aliphatic carboxylic acids is 1. The van der Waals surface area contributed by atoms with Crippen molar-refractivity contribution in [2.45, 2.75) is 38.2 Å². The smallest absolute Gasteiger partial charge is 0.344 e. The Labute approximate surface area is 124 Å². The van der Waals surface area contributed by atoms with Gasteiger partial charge >= 0.3 is 5.97 Å². The lowest BCUT2D eigenvalue weighted by Gasteiger charge is -2.34. The minimum absolute atomic E-state index is 0.0694. The van der Waals surface area contributed by atoms with E-state index in [0.717, 1.165) is 6.42 Å². The summed E-state index contributed by atoms with van der Waals surface area (Å²) in [5.74, 6) is -4.96. The Balaban J connectivity index is 2.34. The van der Waals surface area contributed by atoms with Crippen LogP contribution in [-0.2, 0) is 10.7 Å². The van der Waals surface area contributed by atoms with Crippen LogP contribution in [0.25, 0.3) is 0 Å². The molecule has 0 spiro atoms. The third kappa shape index (κ3) is 2.95. The lowest BCUT2D eigenvalue weighted by atomic mass is 9.78. The van der Waals surface area contributed by atoms with Crippen molar-refractivity contribution in [2.24, 2.45) is 5.92 Å². The van der Waals surface area contributed by atoms with Crippen LogP contribution in [0.15, 0.2) is 22.7 Å². The van der Waals surface area contributed by atoms with Crippen molar-refractivity contribution in [3.05, 3.63) is 28.2 Å². The van der Waals surface area contributed by atoms with Crippen LogP contribution in [0.2, 0.25) is 0 Å². The van der Waals surface area contributed by atoms with E-state index in [2.05, 4.69) is 15.9 Å². The van der Waals surface area contributed by atoms with Gasteiger partial charge < -0.3 is 9.84 Å². The Morgan fingerprint density at radius 1 is 1.50 bits per heavy atom. The highest BCUT2D eigenvalue weighted by molar-refractivity contribution is 9.10. The normalized spacial score (nSPS) is 17.4. The van der Waals surface area contributed by atoms with E-state index >= 15 is 0 Å². The second kappa shape index (κ2) is 5.68. The Bertz CT molecular complexity index is 515. The van der Waals surface area contributed by atoms with Crippen molar-refractivity contribution < 1.29 is 23.4 Å². The van der Waals surface area contributed by atoms with E-state index in [-0.39, 0.29) is 11.3 Å². The van der Waals surface area contributed by atoms with Crippen molar-refractivity contribution in [1.82, 2.24) is 0 Å². The van der Waals surface area contributed by atoms with E-state index in [1.165, 1.54) is 19.1 Å². The Morgan fingerprint density at radius 3 is 2.65 bits per heavy atom. The first-order chi connectivity index (χ1) is 9.32. The van der Waals surface area contributed by atoms with Gasteiger partial charge in [-0.3, -0.25) is 0 Å². The second-order valence-electron chi connectivity index (χ2n) is 4.99. The van der Waals surface area contributed by atoms with Crippen LogP contribution in [0.3, 0.4) is 0 Å². The highest BCUT2D eigenvalue weighted by Crippen LogP contribution is 2.49. The minimum Gasteiger partial charge on any atom is -0.479 e. The molecule has 0 heterocycles. The highest BCUT2D eigenvalue weighted by Gasteiger charge is 2.46. The topological polar surface area (TPSA) is 46.5 Å². The molecule has 1 aliphatic carbocycles. The molecule has 0 amide bonds. The zero-order chi connectivity index (χ0) is 14.9. The molecule has 20 heavy (non-hydrogen) atoms. The summed E-state index contributed by atoms with van der Waals surface area (Å²) in [5, 5.41) is 8.84. The molecule has 1 aliphatic rings. The van der Waals surface area contributed by atoms with Gasteiger partial charge in [-0.1, -0.05) is 22.4 Å². The van der Waals surface area contributed by atoms with Gasteiger partial charge in [0.15, 0.2) is 6.10 Å². The zero-order valence-electron chi connectivity index (χ0n) is 10.9. The molecule has 1 saturated carbocycles. The van der Waals surface area contributed by atoms with Gasteiger partial charge in [0.1, 0.15) is 5.75 Å². The zero-order valence-corrected chi connectivity index (χ0v) is 12.5. The standard InChI is InChI=1S/C14H15BrF2O3/c1-8(13(18)19)20-12-6-5-10(15)7-11(12)14(16,17)9-3-2-4-9/h5-9H,2-4H2,1H3,(H,18,19)/t8-/m0/s1. The quantitative estimate of drug-likeness (QED) is 0.867. The fourth-order valence-corrected chi connectivity index (χ4v) is 2.46. The number of benzene rings is 1. The molecule has 1 N–H and O–H groups in total. The summed E-state index contributed by atoms with van der Waals surface area (Å²) in [6.45, 7) is 1.32. The first kappa shape index (κ1) is 15.2. The molecule has 3 nitrogen and oxygen atoms in total. The lowest BCUT2D eigenvalue weighted by Crippen LogP contribution is -2.32. The summed E-state index contributed by atoms with van der Waals surface area (Å²) in [6.07, 6.45) is 0.587. The number of carboxylic acid groups (broad SMARTS) is 1. The Hall–Kier alpha value is -1.17. The molecule has 0 bridgehead atoms. The number of alkyl halides is 2. The summed E-state index contributed by atoms with van der Waals surface area (Å²) >= 11 is 3.17. The fraction of sp³-hybridized carbons (Fsp3) is 0.500. The SMILES string of the molecule is C[C@H](Oc1ccc(Br)cc1C(F)(F)C1CCC1)C(=O)O. The van der Waals surface area contributed by atoms with Crippen LogP contribution in [0.4, 0.5) is 8.78 Å². The van der Waals surface area contributed by atoms with Gasteiger partial charge in [-0.05, 0) is 38.0 Å². The largest absolute Gasteiger partial charge is 0.479 e. The van der Waals surface area contributed by atoms with Gasteiger partial charge in [0.05, 0.1) is 5.56 Å². The average Bonchev–Trinajstić information content (AvgIpc) is 2.28. The summed E-state index contributed by atoms with van der Waals surface area (Å²) < 4.78 is 34.6. The molecule has 2 rings (SSSR count). The maximum absolute atomic E-state index is 14.4. The van der Waals surface area contributed by atoms with Crippen molar-refractivity contribution >= 4 is 21.9 Å². The summed E-state index contributed by atoms with van der Waals surface area (Å²) in [7, 11) is 0. The first-order valence-electron chi connectivity index (χ1n) is 6.39. The van der Waals surface area contributed by atoms with Crippen molar-refractivity contribution in [2.75, 3.05) is 0 Å². The van der Waals surface area contributed by atoms with Crippen molar-refractivity contribution in [1.29, 1.82) is 0 Å². The highest BCUT2D eigenvalue weighted by atomic mass is 79.9. The van der Waals surface area contributed by atoms with Gasteiger partial charge in [-0.15, -0.1) is 0 Å². The molecule has 1 fully saturated rings. The molecular weight excluding hydrogens is 334 g/mol. The predicted octanol–water partition coefficient (Wildman–Crippen LogP) is 4.19. The van der Waals surface area contributed by atoms with E-state index in [0.29, 0.717) is 17.3 Å². The molecule has 1 aromatic rings. The number of rotatable bonds is 5. The van der Waals surface area contributed by atoms with Crippen LogP contribution in [0, 0.1) is 5.92 Å². The average molecular weight is 349 g/mol. The predicted molar refractivity (Wildman–Crippen MR) is 73.1 cm³/mol. The van der Waals surface area contributed by atoms with Gasteiger partial charge in [0.25, 0.3) is 5.92 Å². The molecule has 0 saturated heterocycles. The van der Waals surface area contributed by atoms with Crippen molar-refractivity contribution in [3.8, 4) is 5.75 Å². The molecule has 1 aromatic carbocycles. The summed E-state index contributed by atoms with van der Waals surface area (Å²) in [5.41, 5.74) is -0.246. The van der Waals surface area contributed by atoms with E-state index in [4.69, 9.17) is 9.84 Å². The number of hydrogen-bond acceptors (Lipinski definition) is 2. The minimum atomic E-state index is -3.00. The number of carbonyl (C=O) groups is 1. The molecular formula is C14H15BrF2O3. The van der Waals surface area contributed by atoms with E-state index < -0.39 is 23.9 Å². The van der Waals surface area contributed by atoms with Crippen LogP contribution >= 0.6 is 15.9 Å². The maximum Gasteiger partial charge on any atom is 0.344 e. The molecule has 0 radical (unpaired) electrons. The van der Waals surface area contributed by atoms with E-state index in [1.54, 1.807) is 6.07 Å². The van der Waals surface area contributed by atoms with Crippen LogP contribution in [-0.4, -0.2) is 17.2 Å². The van der Waals surface area contributed by atoms with Gasteiger partial charge in [0, 0.05) is 10.4 Å². The van der Waals surface area contributed by atoms with Crippen LogP contribution < -0.4 is 4.74 Å². The van der Waals surface area contributed by atoms with Crippen LogP contribution in [0.5, 0.6) is 5.75 Å². The molecule has 0 aliphatic heterocycles. The summed E-state index contributed by atoms with van der Waals surface area (Å²) in [4.78, 5) is 10.8. The third-order valence-corrected chi connectivity index (χ3v) is 4.06. The molecule has 6 heteroatoms. The third-order valence-electron chi connectivity index (χ3n) is 3.57. The van der Waals surface area contributed by atoms with Crippen molar-refractivity contribution in [3.63, 3.8) is 0 Å². The number of carboxylic acids is 1. The second-order valence-corrected chi connectivity index (χ2v) is 5.91. The van der Waals surface area contributed by atoms with Gasteiger partial charge in [-0.25, -0.2) is 13.6 Å². The Kier molecular flexibility index (Phi) is 4.32. The first-order valence-corrected chi connectivity index (χ1v) is 7.19. The Morgan fingerprint density at radius 2 is 2.15 bits per heavy atom. The maximum atomic E-state index is 14.4. The van der Waals surface area contributed by atoms with E-state index in [9.17, 15) is 13.6 Å². The lowest BCUT2D eigenvalue weighted by molar-refractivity contribution is -0.144. The number of halogens is 3. The molecule has 0 unspecified atom stereocenters. The van der Waals surface area contributed by atoms with Crippen LogP contribution in [0.1, 0.15) is 31.7 Å². The number of ether oxygens (including phenoxy) is 1. The molecule has 0 aromatic heterocycles. The van der Waals surface area contributed by atoms with Gasteiger partial charge in [0.2, 0.25) is 0 Å². The monoisotopic (exact) mass is 348 g/mol. The molecule has 110 valence electrons. The molecule has 1 atom stereocenters. The summed E-state index contributed by atoms with van der Waals surface area (Å²) in [6, 6.07) is 4.25.